The monoisotopic (exact) mass is 305 g/mol. The Morgan fingerprint density at radius 2 is 2.16 bits per heavy atom. The Bertz CT molecular complexity index is 546. The Labute approximate surface area is 116 Å². The van der Waals surface area contributed by atoms with Crippen LogP contribution >= 0.6 is 0 Å². The summed E-state index contributed by atoms with van der Waals surface area (Å²) in [6.07, 6.45) is 3.07. The first-order valence-electron chi connectivity index (χ1n) is 5.88. The van der Waals surface area contributed by atoms with Crippen LogP contribution in [0.25, 0.3) is 0 Å². The number of aromatic nitrogens is 1. The molecule has 1 rings (SSSR count). The molecule has 2 atom stereocenters. The molecule has 1 aromatic heterocycles. The van der Waals surface area contributed by atoms with Gasteiger partial charge in [0.15, 0.2) is 0 Å². The van der Waals surface area contributed by atoms with Crippen molar-refractivity contribution in [3.05, 3.63) is 18.3 Å². The third kappa shape index (κ3) is 4.88. The van der Waals surface area contributed by atoms with E-state index in [-0.39, 0.29) is 10.6 Å². The highest BCUT2D eigenvalue weighted by Gasteiger charge is 2.21. The third-order valence-corrected chi connectivity index (χ3v) is 4.84. The average Bonchev–Trinajstić information content (AvgIpc) is 2.27. The van der Waals surface area contributed by atoms with Gasteiger partial charge < -0.3 is 5.32 Å². The summed E-state index contributed by atoms with van der Waals surface area (Å²) < 4.78 is 38.1. The van der Waals surface area contributed by atoms with Crippen molar-refractivity contribution in [1.82, 2.24) is 9.71 Å². The van der Waals surface area contributed by atoms with Crippen molar-refractivity contribution in [2.75, 3.05) is 23.9 Å². The standard InChI is InChI=1S/C11H19N3O3S2/c1-4-12-11-10(6-5-7-13-11)19(16,17)14-9(2)8-18(3)15/h5-7,9,14H,4,8H2,1-3H3,(H,12,13). The smallest absolute Gasteiger partial charge is 0.244 e. The highest BCUT2D eigenvalue weighted by atomic mass is 32.2. The highest BCUT2D eigenvalue weighted by Crippen LogP contribution is 2.17. The van der Waals surface area contributed by atoms with Crippen molar-refractivity contribution in [2.45, 2.75) is 24.8 Å². The summed E-state index contributed by atoms with van der Waals surface area (Å²) in [5, 5.41) is 2.91. The summed E-state index contributed by atoms with van der Waals surface area (Å²) in [7, 11) is -4.72. The van der Waals surface area contributed by atoms with Gasteiger partial charge in [-0.05, 0) is 26.0 Å². The Hall–Kier alpha value is -0.990. The minimum atomic E-state index is -3.67. The Morgan fingerprint density at radius 3 is 2.74 bits per heavy atom. The topological polar surface area (TPSA) is 88.2 Å². The number of hydrogen-bond donors (Lipinski definition) is 2. The molecule has 0 saturated carbocycles. The summed E-state index contributed by atoms with van der Waals surface area (Å²) in [5.74, 6) is 0.595. The van der Waals surface area contributed by atoms with Crippen LogP contribution in [0.1, 0.15) is 13.8 Å². The summed E-state index contributed by atoms with van der Waals surface area (Å²) in [6, 6.07) is 2.66. The molecular weight excluding hydrogens is 286 g/mol. The molecule has 0 spiro atoms. The summed E-state index contributed by atoms with van der Waals surface area (Å²) in [5.41, 5.74) is 0. The predicted octanol–water partition coefficient (Wildman–Crippen LogP) is 0.559. The largest absolute Gasteiger partial charge is 0.369 e. The van der Waals surface area contributed by atoms with Crippen LogP contribution in [-0.4, -0.2) is 42.2 Å². The molecule has 0 amide bonds. The van der Waals surface area contributed by atoms with E-state index in [2.05, 4.69) is 15.0 Å². The van der Waals surface area contributed by atoms with Gasteiger partial charge in [-0.3, -0.25) is 4.21 Å². The summed E-state index contributed by atoms with van der Waals surface area (Å²) >= 11 is 0. The Balaban J connectivity index is 2.97. The van der Waals surface area contributed by atoms with Crippen molar-refractivity contribution in [3.8, 4) is 0 Å². The zero-order chi connectivity index (χ0) is 14.5. The number of hydrogen-bond acceptors (Lipinski definition) is 5. The van der Waals surface area contributed by atoms with E-state index in [1.807, 2.05) is 6.92 Å². The number of pyridine rings is 1. The number of rotatable bonds is 7. The number of nitrogens with one attached hydrogen (secondary N) is 2. The van der Waals surface area contributed by atoms with E-state index in [0.29, 0.717) is 12.4 Å². The molecule has 8 heteroatoms. The fourth-order valence-corrected chi connectivity index (χ4v) is 3.89. The number of anilines is 1. The van der Waals surface area contributed by atoms with Gasteiger partial charge in [-0.1, -0.05) is 0 Å². The van der Waals surface area contributed by atoms with Gasteiger partial charge in [0.05, 0.1) is 0 Å². The van der Waals surface area contributed by atoms with E-state index < -0.39 is 26.9 Å². The summed E-state index contributed by atoms with van der Waals surface area (Å²) in [6.45, 7) is 4.12. The second kappa shape index (κ2) is 6.97. The lowest BCUT2D eigenvalue weighted by Crippen LogP contribution is -2.36. The predicted molar refractivity (Wildman–Crippen MR) is 77.1 cm³/mol. The van der Waals surface area contributed by atoms with E-state index >= 15 is 0 Å². The molecule has 0 radical (unpaired) electrons. The molecule has 0 saturated heterocycles. The SMILES string of the molecule is CCNc1ncccc1S(=O)(=O)NC(C)CS(C)=O. The van der Waals surface area contributed by atoms with Gasteiger partial charge in [0.25, 0.3) is 0 Å². The second-order valence-electron chi connectivity index (χ2n) is 4.14. The lowest BCUT2D eigenvalue weighted by atomic mass is 10.4. The molecule has 0 aliphatic rings. The van der Waals surface area contributed by atoms with Gasteiger partial charge in [-0.15, -0.1) is 0 Å². The van der Waals surface area contributed by atoms with Crippen LogP contribution in [-0.2, 0) is 20.8 Å². The molecule has 0 bridgehead atoms. The first-order chi connectivity index (χ1) is 8.86. The number of sulfonamides is 1. The number of nitrogens with zero attached hydrogens (tertiary/aromatic N) is 1. The van der Waals surface area contributed by atoms with E-state index in [1.54, 1.807) is 19.2 Å². The molecule has 2 unspecified atom stereocenters. The molecule has 1 heterocycles. The van der Waals surface area contributed by atoms with E-state index in [9.17, 15) is 12.6 Å². The summed E-state index contributed by atoms with van der Waals surface area (Å²) in [4.78, 5) is 4.12. The fourth-order valence-electron chi connectivity index (χ4n) is 1.62. The van der Waals surface area contributed by atoms with E-state index in [4.69, 9.17) is 0 Å². The third-order valence-electron chi connectivity index (χ3n) is 2.25. The van der Waals surface area contributed by atoms with Gasteiger partial charge in [0.2, 0.25) is 10.0 Å². The maximum Gasteiger partial charge on any atom is 0.244 e. The van der Waals surface area contributed by atoms with Crippen LogP contribution in [0.3, 0.4) is 0 Å². The van der Waals surface area contributed by atoms with Crippen LogP contribution in [0, 0.1) is 0 Å². The minimum absolute atomic E-state index is 0.102. The van der Waals surface area contributed by atoms with E-state index in [1.165, 1.54) is 12.3 Å². The van der Waals surface area contributed by atoms with Gasteiger partial charge in [0.1, 0.15) is 10.7 Å². The molecule has 19 heavy (non-hydrogen) atoms. The van der Waals surface area contributed by atoms with Crippen LogP contribution in [0.5, 0.6) is 0 Å². The van der Waals surface area contributed by atoms with Crippen molar-refractivity contribution in [2.24, 2.45) is 0 Å². The maximum atomic E-state index is 12.2. The quantitative estimate of drug-likeness (QED) is 0.768. The molecule has 0 aliphatic heterocycles. The molecule has 0 aliphatic carbocycles. The van der Waals surface area contributed by atoms with Crippen LogP contribution < -0.4 is 10.0 Å². The fraction of sp³-hybridized carbons (Fsp3) is 0.545. The molecule has 0 fully saturated rings. The zero-order valence-electron chi connectivity index (χ0n) is 11.2. The zero-order valence-corrected chi connectivity index (χ0v) is 12.8. The van der Waals surface area contributed by atoms with Crippen LogP contribution in [0.2, 0.25) is 0 Å². The molecule has 0 aromatic carbocycles. The maximum absolute atomic E-state index is 12.2. The van der Waals surface area contributed by atoms with Crippen molar-refractivity contribution in [1.29, 1.82) is 0 Å². The van der Waals surface area contributed by atoms with Crippen molar-refractivity contribution in [3.63, 3.8) is 0 Å². The second-order valence-corrected chi connectivity index (χ2v) is 7.30. The van der Waals surface area contributed by atoms with Gasteiger partial charge in [0, 0.05) is 41.6 Å². The highest BCUT2D eigenvalue weighted by molar-refractivity contribution is 7.89. The van der Waals surface area contributed by atoms with Crippen LogP contribution in [0.4, 0.5) is 5.82 Å². The Kier molecular flexibility index (Phi) is 5.89. The molecule has 1 aromatic rings. The van der Waals surface area contributed by atoms with Gasteiger partial charge in [-0.25, -0.2) is 18.1 Å². The molecular formula is C11H19N3O3S2. The molecule has 108 valence electrons. The van der Waals surface area contributed by atoms with E-state index in [0.717, 1.165) is 0 Å². The van der Waals surface area contributed by atoms with Crippen molar-refractivity contribution >= 4 is 26.6 Å². The van der Waals surface area contributed by atoms with Gasteiger partial charge in [-0.2, -0.15) is 0 Å². The lowest BCUT2D eigenvalue weighted by Gasteiger charge is -2.15. The molecule has 2 N–H and O–H groups in total. The first-order valence-corrected chi connectivity index (χ1v) is 9.09. The molecule has 6 nitrogen and oxygen atoms in total. The van der Waals surface area contributed by atoms with Crippen molar-refractivity contribution < 1.29 is 12.6 Å². The minimum Gasteiger partial charge on any atom is -0.369 e. The Morgan fingerprint density at radius 1 is 1.47 bits per heavy atom. The average molecular weight is 305 g/mol. The normalized spacial score (nSPS) is 14.9. The lowest BCUT2D eigenvalue weighted by molar-refractivity contribution is 0.570. The first kappa shape index (κ1) is 16.1. The van der Waals surface area contributed by atoms with Gasteiger partial charge >= 0.3 is 0 Å². The van der Waals surface area contributed by atoms with Crippen LogP contribution in [0.15, 0.2) is 23.2 Å².